The van der Waals surface area contributed by atoms with Crippen LogP contribution < -0.4 is 0 Å². The zero-order valence-corrected chi connectivity index (χ0v) is 11.3. The Morgan fingerprint density at radius 2 is 2.05 bits per heavy atom. The predicted octanol–water partition coefficient (Wildman–Crippen LogP) is 2.34. The summed E-state index contributed by atoms with van der Waals surface area (Å²) in [4.78, 5) is 11.9. The number of hydrogen-bond donors (Lipinski definition) is 3. The van der Waals surface area contributed by atoms with Gasteiger partial charge in [-0.25, -0.2) is 4.79 Å². The molecule has 5 heteroatoms. The highest BCUT2D eigenvalue weighted by atomic mass is 16.7. The van der Waals surface area contributed by atoms with Crippen molar-refractivity contribution in [1.29, 1.82) is 0 Å². The van der Waals surface area contributed by atoms with Crippen molar-refractivity contribution in [3.05, 3.63) is 48.2 Å². The highest BCUT2D eigenvalue weighted by molar-refractivity contribution is 5.95. The Kier molecular flexibility index (Phi) is 4.40. The van der Waals surface area contributed by atoms with Crippen molar-refractivity contribution in [3.63, 3.8) is 0 Å². The van der Waals surface area contributed by atoms with Crippen molar-refractivity contribution in [2.45, 2.75) is 19.6 Å². The van der Waals surface area contributed by atoms with Crippen molar-refractivity contribution in [1.82, 2.24) is 0 Å². The van der Waals surface area contributed by atoms with E-state index < -0.39 is 23.3 Å². The summed E-state index contributed by atoms with van der Waals surface area (Å²) in [7, 11) is 0. The molecule has 1 aromatic carbocycles. The van der Waals surface area contributed by atoms with E-state index in [-0.39, 0.29) is 5.56 Å². The number of phenolic OH excluding ortho intramolecular Hbond substituents is 2. The molecule has 0 heterocycles. The maximum Gasteiger partial charge on any atom is 0.344 e. The third kappa shape index (κ3) is 3.29. The van der Waals surface area contributed by atoms with Crippen LogP contribution in [0.4, 0.5) is 0 Å². The molecule has 0 saturated heterocycles. The lowest BCUT2D eigenvalue weighted by atomic mass is 10.0. The standard InChI is InChI=1S/C15H16O5/c1-5-9(3)10-7-11(13(17)12(16)8-10)14(18)20-15(4,19)6-2/h6-8,16-17,19H,1-2H2,3-4H3/t15-/m0/s1. The summed E-state index contributed by atoms with van der Waals surface area (Å²) in [5, 5.41) is 28.9. The number of hydrogen-bond acceptors (Lipinski definition) is 5. The molecule has 0 aliphatic carbocycles. The molecule has 0 bridgehead atoms. The summed E-state index contributed by atoms with van der Waals surface area (Å²) in [6.45, 7) is 9.67. The number of rotatable bonds is 4. The summed E-state index contributed by atoms with van der Waals surface area (Å²) < 4.78 is 4.76. The van der Waals surface area contributed by atoms with Crippen LogP contribution in [-0.2, 0) is 4.74 Å². The zero-order valence-electron chi connectivity index (χ0n) is 11.3. The van der Waals surface area contributed by atoms with Crippen LogP contribution in [0.1, 0.15) is 29.8 Å². The Labute approximate surface area is 116 Å². The molecule has 0 spiro atoms. The average Bonchev–Trinajstić information content (AvgIpc) is 2.40. The molecule has 1 rings (SSSR count). The monoisotopic (exact) mass is 276 g/mol. The molecule has 0 aliphatic rings. The van der Waals surface area contributed by atoms with E-state index in [4.69, 9.17) is 4.74 Å². The van der Waals surface area contributed by atoms with Gasteiger partial charge in [0.25, 0.3) is 0 Å². The molecule has 106 valence electrons. The van der Waals surface area contributed by atoms with E-state index in [0.717, 1.165) is 6.08 Å². The first-order valence-corrected chi connectivity index (χ1v) is 5.74. The van der Waals surface area contributed by atoms with Crippen LogP contribution >= 0.6 is 0 Å². The fraction of sp³-hybridized carbons (Fsp3) is 0.200. The minimum atomic E-state index is -1.88. The average molecular weight is 276 g/mol. The number of carbonyl (C=O) groups is 1. The van der Waals surface area contributed by atoms with Gasteiger partial charge in [-0.05, 0) is 36.3 Å². The first kappa shape index (κ1) is 15.6. The maximum atomic E-state index is 11.9. The van der Waals surface area contributed by atoms with Gasteiger partial charge in [0.1, 0.15) is 5.56 Å². The number of allylic oxidation sites excluding steroid dienone is 1. The Balaban J connectivity index is 3.30. The van der Waals surface area contributed by atoms with E-state index in [1.165, 1.54) is 19.1 Å². The van der Waals surface area contributed by atoms with Crippen molar-refractivity contribution in [2.24, 2.45) is 0 Å². The second-order valence-electron chi connectivity index (χ2n) is 4.34. The third-order valence-corrected chi connectivity index (χ3v) is 2.69. The normalized spacial score (nSPS) is 12.9. The first-order chi connectivity index (χ1) is 9.21. The summed E-state index contributed by atoms with van der Waals surface area (Å²) in [6, 6.07) is 2.58. The second kappa shape index (κ2) is 5.65. The molecule has 1 aromatic rings. The van der Waals surface area contributed by atoms with E-state index in [0.29, 0.717) is 11.1 Å². The lowest BCUT2D eigenvalue weighted by Gasteiger charge is -2.19. The molecule has 0 aromatic heterocycles. The third-order valence-electron chi connectivity index (χ3n) is 2.69. The second-order valence-corrected chi connectivity index (χ2v) is 4.34. The van der Waals surface area contributed by atoms with Crippen LogP contribution in [0.3, 0.4) is 0 Å². The van der Waals surface area contributed by atoms with Crippen LogP contribution in [0.2, 0.25) is 0 Å². The number of carbonyl (C=O) groups excluding carboxylic acids is 1. The highest BCUT2D eigenvalue weighted by Crippen LogP contribution is 2.33. The number of ether oxygens (including phenoxy) is 1. The molecule has 0 saturated carbocycles. The summed E-state index contributed by atoms with van der Waals surface area (Å²) >= 11 is 0. The highest BCUT2D eigenvalue weighted by Gasteiger charge is 2.25. The van der Waals surface area contributed by atoms with Crippen LogP contribution in [0.15, 0.2) is 37.1 Å². The van der Waals surface area contributed by atoms with E-state index >= 15 is 0 Å². The Morgan fingerprint density at radius 3 is 2.55 bits per heavy atom. The topological polar surface area (TPSA) is 87.0 Å². The van der Waals surface area contributed by atoms with Crippen molar-refractivity contribution < 1.29 is 24.9 Å². The van der Waals surface area contributed by atoms with E-state index in [2.05, 4.69) is 18.9 Å². The quantitative estimate of drug-likeness (QED) is 0.258. The predicted molar refractivity (Wildman–Crippen MR) is 74.2 cm³/mol. The van der Waals surface area contributed by atoms with Gasteiger partial charge < -0.3 is 20.1 Å². The zero-order chi connectivity index (χ0) is 15.5. The SMILES string of the molecule is C=C=C(C)c1cc(O)c(O)c(C(=O)O[C@](C)(O)C=C)c1. The van der Waals surface area contributed by atoms with Gasteiger partial charge in [0, 0.05) is 6.92 Å². The molecule has 0 unspecified atom stereocenters. The number of benzene rings is 1. The smallest absolute Gasteiger partial charge is 0.344 e. The molecule has 0 amide bonds. The van der Waals surface area contributed by atoms with Crippen LogP contribution in [0.5, 0.6) is 11.5 Å². The Morgan fingerprint density at radius 1 is 1.45 bits per heavy atom. The molecule has 3 N–H and O–H groups in total. The van der Waals surface area contributed by atoms with Gasteiger partial charge >= 0.3 is 5.97 Å². The molecular weight excluding hydrogens is 260 g/mol. The van der Waals surface area contributed by atoms with Crippen LogP contribution in [-0.4, -0.2) is 27.1 Å². The van der Waals surface area contributed by atoms with E-state index in [1.807, 2.05) is 0 Å². The number of aliphatic hydroxyl groups is 1. The van der Waals surface area contributed by atoms with Gasteiger partial charge in [0.05, 0.1) is 0 Å². The lowest BCUT2D eigenvalue weighted by molar-refractivity contribution is -0.113. The van der Waals surface area contributed by atoms with Gasteiger partial charge in [0.15, 0.2) is 11.5 Å². The Hall–Kier alpha value is -2.49. The van der Waals surface area contributed by atoms with Crippen LogP contribution in [0, 0.1) is 0 Å². The van der Waals surface area contributed by atoms with Crippen molar-refractivity contribution in [3.8, 4) is 11.5 Å². The number of esters is 1. The number of aromatic hydroxyl groups is 2. The molecule has 1 atom stereocenters. The summed E-state index contributed by atoms with van der Waals surface area (Å²) in [5.74, 6) is -3.99. The summed E-state index contributed by atoms with van der Waals surface area (Å²) in [5.41, 5.74) is 3.35. The fourth-order valence-electron chi connectivity index (χ4n) is 1.38. The molecular formula is C15H16O5. The van der Waals surface area contributed by atoms with Crippen molar-refractivity contribution >= 4 is 11.5 Å². The maximum absolute atomic E-state index is 11.9. The van der Waals surface area contributed by atoms with Gasteiger partial charge in [0.2, 0.25) is 5.79 Å². The van der Waals surface area contributed by atoms with E-state index in [1.54, 1.807) is 6.92 Å². The molecule has 0 fully saturated rings. The Bertz CT molecular complexity index is 607. The minimum Gasteiger partial charge on any atom is -0.504 e. The van der Waals surface area contributed by atoms with Crippen molar-refractivity contribution in [2.75, 3.05) is 0 Å². The molecule has 5 nitrogen and oxygen atoms in total. The number of phenols is 2. The first-order valence-electron chi connectivity index (χ1n) is 5.74. The van der Waals surface area contributed by atoms with Gasteiger partial charge in [-0.2, -0.15) is 0 Å². The lowest BCUT2D eigenvalue weighted by Crippen LogP contribution is -2.28. The molecule has 0 radical (unpaired) electrons. The van der Waals surface area contributed by atoms with E-state index in [9.17, 15) is 20.1 Å². The largest absolute Gasteiger partial charge is 0.504 e. The fourth-order valence-corrected chi connectivity index (χ4v) is 1.38. The van der Waals surface area contributed by atoms with Gasteiger partial charge in [-0.3, -0.25) is 0 Å². The summed E-state index contributed by atoms with van der Waals surface area (Å²) in [6.07, 6.45) is 1.03. The molecule has 20 heavy (non-hydrogen) atoms. The van der Waals surface area contributed by atoms with Crippen LogP contribution in [0.25, 0.3) is 5.57 Å². The molecule has 0 aliphatic heterocycles. The van der Waals surface area contributed by atoms with Gasteiger partial charge in [-0.15, -0.1) is 5.73 Å². The van der Waals surface area contributed by atoms with Gasteiger partial charge in [-0.1, -0.05) is 13.2 Å². The minimum absolute atomic E-state index is 0.281.